The SMILES string of the molecule is COc1ccc(OC(CCN(C)C)c2cccs2)cc1.O=C(O)CC(O)(CC(=O)O)C(=O)O. The van der Waals surface area contributed by atoms with Crippen LogP contribution in [0.1, 0.15) is 30.2 Å². The lowest BCUT2D eigenvalue weighted by Gasteiger charge is -2.20. The third kappa shape index (κ3) is 10.3. The van der Waals surface area contributed by atoms with Gasteiger partial charge in [-0.05, 0) is 49.8 Å². The number of carboxylic acid groups (broad SMARTS) is 3. The van der Waals surface area contributed by atoms with Crippen LogP contribution in [0.15, 0.2) is 41.8 Å². The molecule has 11 heteroatoms. The predicted octanol–water partition coefficient (Wildman–Crippen LogP) is 2.58. The molecule has 0 amide bonds. The molecule has 0 saturated carbocycles. The van der Waals surface area contributed by atoms with E-state index in [0.29, 0.717) is 0 Å². The Balaban J connectivity index is 0.000000366. The molecule has 0 spiro atoms. The largest absolute Gasteiger partial charge is 0.497 e. The molecule has 1 aromatic carbocycles. The van der Waals surface area contributed by atoms with Crippen LogP contribution in [0, 0.1) is 0 Å². The van der Waals surface area contributed by atoms with E-state index >= 15 is 0 Å². The molecular formula is C22H29NO9S. The van der Waals surface area contributed by atoms with Gasteiger partial charge in [0, 0.05) is 17.8 Å². The van der Waals surface area contributed by atoms with E-state index in [1.807, 2.05) is 24.3 Å². The molecule has 182 valence electrons. The molecule has 0 radical (unpaired) electrons. The number of aliphatic hydroxyl groups is 1. The summed E-state index contributed by atoms with van der Waals surface area (Å²) in [5, 5.41) is 35.9. The first kappa shape index (κ1) is 27.9. The Morgan fingerprint density at radius 1 is 1.00 bits per heavy atom. The normalized spacial score (nSPS) is 11.8. The fraction of sp³-hybridized carbons (Fsp3) is 0.409. The lowest BCUT2D eigenvalue weighted by Crippen LogP contribution is -2.42. The van der Waals surface area contributed by atoms with E-state index in [1.54, 1.807) is 18.4 Å². The van der Waals surface area contributed by atoms with E-state index in [0.717, 1.165) is 24.5 Å². The van der Waals surface area contributed by atoms with Crippen molar-refractivity contribution in [2.24, 2.45) is 0 Å². The number of benzene rings is 1. The molecule has 1 heterocycles. The topological polar surface area (TPSA) is 154 Å². The summed E-state index contributed by atoms with van der Waals surface area (Å²) in [4.78, 5) is 33.9. The van der Waals surface area contributed by atoms with Crippen molar-refractivity contribution in [2.45, 2.75) is 31.0 Å². The molecule has 4 N–H and O–H groups in total. The van der Waals surface area contributed by atoms with Gasteiger partial charge >= 0.3 is 17.9 Å². The van der Waals surface area contributed by atoms with Crippen molar-refractivity contribution in [3.05, 3.63) is 46.7 Å². The fourth-order valence-electron chi connectivity index (χ4n) is 2.64. The second-order valence-electron chi connectivity index (χ2n) is 7.37. The number of thiophene rings is 1. The molecule has 0 saturated heterocycles. The number of nitrogens with zero attached hydrogens (tertiary/aromatic N) is 1. The van der Waals surface area contributed by atoms with Crippen LogP contribution in [0.2, 0.25) is 0 Å². The Kier molecular flexibility index (Phi) is 11.3. The quantitative estimate of drug-likeness (QED) is 0.354. The number of hydrogen-bond donors (Lipinski definition) is 4. The molecule has 0 aliphatic rings. The van der Waals surface area contributed by atoms with Crippen LogP contribution in [0.25, 0.3) is 0 Å². The van der Waals surface area contributed by atoms with Gasteiger partial charge in [-0.25, -0.2) is 4.79 Å². The zero-order valence-electron chi connectivity index (χ0n) is 18.6. The first-order valence-electron chi connectivity index (χ1n) is 9.85. The van der Waals surface area contributed by atoms with Crippen LogP contribution in [0.5, 0.6) is 11.5 Å². The standard InChI is InChI=1S/C16H21NO2S.C6H8O7/c1-17(2)11-10-15(16-5-4-12-20-16)19-14-8-6-13(18-3)7-9-14;7-3(8)1-6(13,5(11)12)2-4(9)10/h4-9,12,15H,10-11H2,1-3H3;13H,1-2H2,(H,7,8)(H,9,10)(H,11,12). The Hall–Kier alpha value is -3.15. The lowest BCUT2D eigenvalue weighted by atomic mass is 9.96. The fourth-order valence-corrected chi connectivity index (χ4v) is 3.43. The van der Waals surface area contributed by atoms with Crippen molar-refractivity contribution in [1.29, 1.82) is 0 Å². The van der Waals surface area contributed by atoms with Gasteiger partial charge in [-0.2, -0.15) is 0 Å². The highest BCUT2D eigenvalue weighted by Crippen LogP contribution is 2.29. The lowest BCUT2D eigenvalue weighted by molar-refractivity contribution is -0.170. The number of ether oxygens (including phenoxy) is 2. The Bertz CT molecular complexity index is 866. The average molecular weight is 484 g/mol. The Morgan fingerprint density at radius 3 is 1.94 bits per heavy atom. The van der Waals surface area contributed by atoms with E-state index in [2.05, 4.69) is 36.5 Å². The van der Waals surface area contributed by atoms with E-state index in [9.17, 15) is 14.4 Å². The van der Waals surface area contributed by atoms with Crippen molar-refractivity contribution < 1.29 is 44.3 Å². The van der Waals surface area contributed by atoms with Gasteiger partial charge in [0.05, 0.1) is 20.0 Å². The van der Waals surface area contributed by atoms with E-state index in [4.69, 9.17) is 29.9 Å². The highest BCUT2D eigenvalue weighted by Gasteiger charge is 2.40. The Labute approximate surface area is 195 Å². The van der Waals surface area contributed by atoms with Crippen LogP contribution in [0.4, 0.5) is 0 Å². The van der Waals surface area contributed by atoms with Gasteiger partial charge in [0.15, 0.2) is 5.60 Å². The number of hydrogen-bond acceptors (Lipinski definition) is 8. The van der Waals surface area contributed by atoms with Crippen molar-refractivity contribution in [3.8, 4) is 11.5 Å². The average Bonchev–Trinajstić information content (AvgIpc) is 3.25. The summed E-state index contributed by atoms with van der Waals surface area (Å²) >= 11 is 1.74. The van der Waals surface area contributed by atoms with Crippen molar-refractivity contribution >= 4 is 29.2 Å². The summed E-state index contributed by atoms with van der Waals surface area (Å²) in [6.07, 6.45) is -1.21. The summed E-state index contributed by atoms with van der Waals surface area (Å²) < 4.78 is 11.3. The maximum Gasteiger partial charge on any atom is 0.336 e. The first-order valence-corrected chi connectivity index (χ1v) is 10.7. The Morgan fingerprint density at radius 2 is 1.55 bits per heavy atom. The molecule has 0 aliphatic heterocycles. The molecule has 2 aromatic rings. The minimum Gasteiger partial charge on any atom is -0.497 e. The maximum absolute atomic E-state index is 10.3. The molecule has 2 rings (SSSR count). The van der Waals surface area contributed by atoms with E-state index in [-0.39, 0.29) is 6.10 Å². The van der Waals surface area contributed by atoms with Crippen LogP contribution in [-0.2, 0) is 14.4 Å². The van der Waals surface area contributed by atoms with Crippen molar-refractivity contribution in [2.75, 3.05) is 27.7 Å². The minimum atomic E-state index is -2.74. The third-order valence-electron chi connectivity index (χ3n) is 4.32. The second kappa shape index (κ2) is 13.4. The van der Waals surface area contributed by atoms with Crippen molar-refractivity contribution in [1.82, 2.24) is 4.90 Å². The van der Waals surface area contributed by atoms with Gasteiger partial charge in [0.25, 0.3) is 0 Å². The van der Waals surface area contributed by atoms with Crippen LogP contribution in [0.3, 0.4) is 0 Å². The second-order valence-corrected chi connectivity index (χ2v) is 8.35. The zero-order chi connectivity index (χ0) is 25.0. The molecule has 0 aliphatic carbocycles. The number of carbonyl (C=O) groups is 3. The molecule has 0 fully saturated rings. The summed E-state index contributed by atoms with van der Waals surface area (Å²) in [5.41, 5.74) is -2.74. The third-order valence-corrected chi connectivity index (χ3v) is 5.29. The number of methoxy groups -OCH3 is 1. The zero-order valence-corrected chi connectivity index (χ0v) is 19.4. The van der Waals surface area contributed by atoms with Gasteiger partial charge in [0.2, 0.25) is 0 Å². The highest BCUT2D eigenvalue weighted by molar-refractivity contribution is 7.10. The van der Waals surface area contributed by atoms with Crippen LogP contribution >= 0.6 is 11.3 Å². The summed E-state index contributed by atoms with van der Waals surface area (Å²) in [5.74, 6) is -3.30. The minimum absolute atomic E-state index is 0.103. The number of aliphatic carboxylic acids is 3. The molecule has 1 unspecified atom stereocenters. The number of carboxylic acids is 3. The first-order chi connectivity index (χ1) is 15.5. The van der Waals surface area contributed by atoms with E-state index in [1.165, 1.54) is 4.88 Å². The van der Waals surface area contributed by atoms with Crippen LogP contribution in [-0.4, -0.2) is 76.6 Å². The van der Waals surface area contributed by atoms with E-state index < -0.39 is 36.4 Å². The van der Waals surface area contributed by atoms with Gasteiger partial charge in [-0.15, -0.1) is 11.3 Å². The molecule has 1 atom stereocenters. The summed E-state index contributed by atoms with van der Waals surface area (Å²) in [7, 11) is 5.83. The predicted molar refractivity (Wildman–Crippen MR) is 121 cm³/mol. The monoisotopic (exact) mass is 483 g/mol. The number of rotatable bonds is 12. The molecular weight excluding hydrogens is 454 g/mol. The smallest absolute Gasteiger partial charge is 0.336 e. The van der Waals surface area contributed by atoms with Gasteiger partial charge in [-0.1, -0.05) is 6.07 Å². The molecule has 1 aromatic heterocycles. The summed E-state index contributed by atoms with van der Waals surface area (Å²) in [6.45, 7) is 0.999. The maximum atomic E-state index is 10.3. The molecule has 0 bridgehead atoms. The van der Waals surface area contributed by atoms with Gasteiger partial charge < -0.3 is 34.8 Å². The highest BCUT2D eigenvalue weighted by atomic mass is 32.1. The summed E-state index contributed by atoms with van der Waals surface area (Å²) in [6, 6.07) is 12.0. The van der Waals surface area contributed by atoms with Gasteiger partial charge in [-0.3, -0.25) is 9.59 Å². The van der Waals surface area contributed by atoms with Gasteiger partial charge in [0.1, 0.15) is 17.6 Å². The molecule has 33 heavy (non-hydrogen) atoms. The van der Waals surface area contributed by atoms with Crippen LogP contribution < -0.4 is 9.47 Å². The molecule has 10 nitrogen and oxygen atoms in total. The van der Waals surface area contributed by atoms with Crippen molar-refractivity contribution in [3.63, 3.8) is 0 Å².